The van der Waals surface area contributed by atoms with Crippen LogP contribution in [0.1, 0.15) is 31.2 Å². The van der Waals surface area contributed by atoms with Gasteiger partial charge < -0.3 is 16.0 Å². The first kappa shape index (κ1) is 18.1. The Hall–Kier alpha value is -2.25. The van der Waals surface area contributed by atoms with Crippen molar-refractivity contribution in [2.24, 2.45) is 11.7 Å². The first-order valence-electron chi connectivity index (χ1n) is 7.72. The van der Waals surface area contributed by atoms with Crippen molar-refractivity contribution in [2.45, 2.75) is 38.3 Å². The Bertz CT molecular complexity index is 616. The molecule has 3 N–H and O–H groups in total. The van der Waals surface area contributed by atoms with Crippen molar-refractivity contribution in [1.82, 2.24) is 10.2 Å². The molecule has 1 fully saturated rings. The zero-order valence-electron chi connectivity index (χ0n) is 13.3. The van der Waals surface area contributed by atoms with Crippen LogP contribution in [0.2, 0.25) is 0 Å². The minimum Gasteiger partial charge on any atom is -0.369 e. The van der Waals surface area contributed by atoms with E-state index in [1.807, 2.05) is 0 Å². The Morgan fingerprint density at radius 2 is 1.88 bits per heavy atom. The summed E-state index contributed by atoms with van der Waals surface area (Å²) in [5.74, 6) is -4.76. The fourth-order valence-electron chi connectivity index (χ4n) is 2.91. The summed E-state index contributed by atoms with van der Waals surface area (Å²) in [7, 11) is 1.46. The molecule has 2 atom stereocenters. The van der Waals surface area contributed by atoms with Gasteiger partial charge in [0.2, 0.25) is 5.91 Å². The molecule has 0 unspecified atom stereocenters. The maximum absolute atomic E-state index is 13.2. The predicted molar refractivity (Wildman–Crippen MR) is 81.3 cm³/mol. The molecule has 1 saturated carbocycles. The van der Waals surface area contributed by atoms with E-state index in [0.29, 0.717) is 12.8 Å². The topological polar surface area (TPSA) is 75.4 Å². The maximum Gasteiger partial charge on any atom is 0.317 e. The van der Waals surface area contributed by atoms with E-state index in [4.69, 9.17) is 5.73 Å². The summed E-state index contributed by atoms with van der Waals surface area (Å²) in [5, 5.41) is 2.78. The van der Waals surface area contributed by atoms with Gasteiger partial charge in [-0.1, -0.05) is 6.42 Å². The van der Waals surface area contributed by atoms with Crippen molar-refractivity contribution in [2.75, 3.05) is 7.05 Å². The zero-order chi connectivity index (χ0) is 17.9. The predicted octanol–water partition coefficient (Wildman–Crippen LogP) is 2.29. The largest absolute Gasteiger partial charge is 0.369 e. The van der Waals surface area contributed by atoms with Crippen molar-refractivity contribution in [3.05, 3.63) is 35.1 Å². The highest BCUT2D eigenvalue weighted by Crippen LogP contribution is 2.24. The summed E-state index contributed by atoms with van der Waals surface area (Å²) in [4.78, 5) is 24.7. The number of primary amides is 1. The average Bonchev–Trinajstić information content (AvgIpc) is 2.52. The van der Waals surface area contributed by atoms with E-state index in [1.165, 1.54) is 11.9 Å². The number of amides is 3. The number of urea groups is 1. The second-order valence-electron chi connectivity index (χ2n) is 6.14. The van der Waals surface area contributed by atoms with Crippen LogP contribution in [0.5, 0.6) is 0 Å². The van der Waals surface area contributed by atoms with Gasteiger partial charge in [0.05, 0.1) is 0 Å². The smallest absolute Gasteiger partial charge is 0.317 e. The Balaban J connectivity index is 1.94. The molecule has 2 rings (SSSR count). The summed E-state index contributed by atoms with van der Waals surface area (Å²) < 4.78 is 39.3. The van der Waals surface area contributed by atoms with Gasteiger partial charge in [-0.3, -0.25) is 4.79 Å². The molecule has 1 aromatic rings. The summed E-state index contributed by atoms with van der Waals surface area (Å²) >= 11 is 0. The molecule has 1 aromatic carbocycles. The first-order chi connectivity index (χ1) is 11.3. The van der Waals surface area contributed by atoms with Gasteiger partial charge >= 0.3 is 6.03 Å². The normalized spacial score (nSPS) is 20.5. The lowest BCUT2D eigenvalue weighted by atomic mass is 9.85. The minimum absolute atomic E-state index is 0.0775. The van der Waals surface area contributed by atoms with E-state index < -0.39 is 23.5 Å². The number of hydrogen-bond acceptors (Lipinski definition) is 2. The fourth-order valence-corrected chi connectivity index (χ4v) is 2.91. The zero-order valence-corrected chi connectivity index (χ0v) is 13.3. The van der Waals surface area contributed by atoms with Crippen molar-refractivity contribution in [1.29, 1.82) is 0 Å². The number of nitrogens with zero attached hydrogens (tertiary/aromatic N) is 1. The second kappa shape index (κ2) is 7.55. The van der Waals surface area contributed by atoms with E-state index in [9.17, 15) is 22.8 Å². The quantitative estimate of drug-likeness (QED) is 0.823. The Morgan fingerprint density at radius 1 is 1.25 bits per heavy atom. The number of halogens is 3. The summed E-state index contributed by atoms with van der Waals surface area (Å²) in [5.41, 5.74) is 5.44. The molecular weight excluding hydrogens is 323 g/mol. The van der Waals surface area contributed by atoms with Crippen LogP contribution in [-0.2, 0) is 11.3 Å². The third-order valence-electron chi connectivity index (χ3n) is 4.21. The summed E-state index contributed by atoms with van der Waals surface area (Å²) in [6, 6.07) is 1.10. The first-order valence-corrected chi connectivity index (χ1v) is 7.72. The minimum atomic E-state index is -1.54. The van der Waals surface area contributed by atoms with Crippen LogP contribution in [0.25, 0.3) is 0 Å². The van der Waals surface area contributed by atoms with E-state index >= 15 is 0 Å². The molecule has 1 aliphatic rings. The van der Waals surface area contributed by atoms with Gasteiger partial charge in [0, 0.05) is 25.6 Å². The number of hydrogen-bond donors (Lipinski definition) is 2. The molecule has 8 heteroatoms. The fraction of sp³-hybridized carbons (Fsp3) is 0.500. The standard InChI is InChI=1S/C16H20F3N3O2/c1-22(8-9-5-12(17)14(19)13(18)6-9)16(24)21-11-4-2-3-10(7-11)15(20)23/h5-6,10-11H,2-4,7-8H2,1H3,(H2,20,23)(H,21,24)/t10-,11+/m1/s1. The monoisotopic (exact) mass is 343 g/mol. The van der Waals surface area contributed by atoms with Crippen LogP contribution in [0.3, 0.4) is 0 Å². The van der Waals surface area contributed by atoms with Gasteiger partial charge in [0.1, 0.15) is 0 Å². The molecule has 5 nitrogen and oxygen atoms in total. The number of benzene rings is 1. The van der Waals surface area contributed by atoms with Crippen molar-refractivity contribution in [3.8, 4) is 0 Å². The maximum atomic E-state index is 13.2. The van der Waals surface area contributed by atoms with Crippen LogP contribution >= 0.6 is 0 Å². The molecule has 3 amide bonds. The van der Waals surface area contributed by atoms with Gasteiger partial charge in [-0.15, -0.1) is 0 Å². The lowest BCUT2D eigenvalue weighted by Gasteiger charge is -2.29. The number of carbonyl (C=O) groups is 2. The molecule has 0 saturated heterocycles. The molecular formula is C16H20F3N3O2. The highest BCUT2D eigenvalue weighted by molar-refractivity contribution is 5.77. The summed E-state index contributed by atoms with van der Waals surface area (Å²) in [6.45, 7) is -0.0775. The molecule has 24 heavy (non-hydrogen) atoms. The van der Waals surface area contributed by atoms with Crippen LogP contribution in [0, 0.1) is 23.4 Å². The Labute approximate surface area is 138 Å². The summed E-state index contributed by atoms with van der Waals surface area (Å²) in [6.07, 6.45) is 2.72. The molecule has 0 spiro atoms. The van der Waals surface area contributed by atoms with Crippen LogP contribution in [0.15, 0.2) is 12.1 Å². The van der Waals surface area contributed by atoms with Crippen molar-refractivity contribution < 1.29 is 22.8 Å². The third kappa shape index (κ3) is 4.39. The highest BCUT2D eigenvalue weighted by atomic mass is 19.2. The Morgan fingerprint density at radius 3 is 2.46 bits per heavy atom. The van der Waals surface area contributed by atoms with Gasteiger partial charge in [-0.2, -0.15) is 0 Å². The molecule has 0 aliphatic heterocycles. The lowest BCUT2D eigenvalue weighted by molar-refractivity contribution is -0.122. The lowest BCUT2D eigenvalue weighted by Crippen LogP contribution is -2.46. The van der Waals surface area contributed by atoms with E-state index in [-0.39, 0.29) is 30.0 Å². The van der Waals surface area contributed by atoms with Gasteiger partial charge in [-0.25, -0.2) is 18.0 Å². The van der Waals surface area contributed by atoms with E-state index in [2.05, 4.69) is 5.32 Å². The van der Waals surface area contributed by atoms with Gasteiger partial charge in [0.25, 0.3) is 0 Å². The number of nitrogens with two attached hydrogens (primary N) is 1. The number of rotatable bonds is 4. The average molecular weight is 343 g/mol. The highest BCUT2D eigenvalue weighted by Gasteiger charge is 2.27. The van der Waals surface area contributed by atoms with Gasteiger partial charge in [-0.05, 0) is 37.0 Å². The van der Waals surface area contributed by atoms with E-state index in [0.717, 1.165) is 25.0 Å². The molecule has 0 heterocycles. The molecule has 132 valence electrons. The van der Waals surface area contributed by atoms with Gasteiger partial charge in [0.15, 0.2) is 17.5 Å². The second-order valence-corrected chi connectivity index (χ2v) is 6.14. The molecule has 0 radical (unpaired) electrons. The van der Waals surface area contributed by atoms with Crippen LogP contribution < -0.4 is 11.1 Å². The van der Waals surface area contributed by atoms with E-state index in [1.54, 1.807) is 0 Å². The molecule has 1 aliphatic carbocycles. The number of carbonyl (C=O) groups excluding carboxylic acids is 2. The molecule has 0 aromatic heterocycles. The van der Waals surface area contributed by atoms with Crippen molar-refractivity contribution in [3.63, 3.8) is 0 Å². The molecule has 0 bridgehead atoms. The number of nitrogens with one attached hydrogen (secondary N) is 1. The Kier molecular flexibility index (Phi) is 5.69. The van der Waals surface area contributed by atoms with Crippen LogP contribution in [0.4, 0.5) is 18.0 Å². The van der Waals surface area contributed by atoms with Crippen molar-refractivity contribution >= 4 is 11.9 Å². The van der Waals surface area contributed by atoms with Crippen LogP contribution in [-0.4, -0.2) is 29.9 Å². The SMILES string of the molecule is CN(Cc1cc(F)c(F)c(F)c1)C(=O)N[C@H]1CCC[C@@H](C(N)=O)C1. The third-order valence-corrected chi connectivity index (χ3v) is 4.21.